The number of hydrogen-bond donors (Lipinski definition) is 7. The van der Waals surface area contributed by atoms with E-state index in [2.05, 4.69) is 6.92 Å². The van der Waals surface area contributed by atoms with E-state index >= 15 is 0 Å². The minimum Gasteiger partial charge on any atom is -0.748 e. The summed E-state index contributed by atoms with van der Waals surface area (Å²) in [7, 11) is -4.70. The molecule has 244 valence electrons. The normalized spacial score (nSPS) is 34.6. The average Bonchev–Trinajstić information content (AvgIpc) is 2.91. The van der Waals surface area contributed by atoms with Crippen LogP contribution in [-0.4, -0.2) is 148 Å². The van der Waals surface area contributed by atoms with E-state index in [0.29, 0.717) is 0 Å². The SMILES string of the molecule is CCCCCCCCCCOC1O[C@H](CO)[C@@H](O[C@H]2O[C@H](COCC(O)CS(=O)(=O)[O-])[C@@H](O)[C@H](O)[C@H]2O)[C@H](O)[C@H]1O.[Na+]. The van der Waals surface area contributed by atoms with Crippen LogP contribution in [0.3, 0.4) is 0 Å². The summed E-state index contributed by atoms with van der Waals surface area (Å²) < 4.78 is 59.6. The van der Waals surface area contributed by atoms with Crippen molar-refractivity contribution in [2.45, 2.75) is 126 Å². The van der Waals surface area contributed by atoms with Gasteiger partial charge in [0, 0.05) is 6.61 Å². The molecule has 2 heterocycles. The van der Waals surface area contributed by atoms with Crippen LogP contribution in [0.15, 0.2) is 0 Å². The first-order valence-electron chi connectivity index (χ1n) is 14.2. The predicted molar refractivity (Wildman–Crippen MR) is 139 cm³/mol. The quantitative estimate of drug-likeness (QED) is 0.0395. The molecule has 15 nitrogen and oxygen atoms in total. The Labute approximate surface area is 269 Å². The van der Waals surface area contributed by atoms with Crippen molar-refractivity contribution >= 4 is 10.1 Å². The first kappa shape index (κ1) is 40.5. The summed E-state index contributed by atoms with van der Waals surface area (Å²) in [6, 6.07) is 0. The monoisotopic (exact) mass is 642 g/mol. The molecule has 0 radical (unpaired) electrons. The Hall–Kier alpha value is 0.430. The van der Waals surface area contributed by atoms with Crippen molar-refractivity contribution in [1.29, 1.82) is 0 Å². The molecule has 42 heavy (non-hydrogen) atoms. The van der Waals surface area contributed by atoms with Crippen molar-refractivity contribution in [3.05, 3.63) is 0 Å². The van der Waals surface area contributed by atoms with Gasteiger partial charge in [0.15, 0.2) is 12.6 Å². The number of rotatable bonds is 19. The molecule has 17 heteroatoms. The standard InChI is InChI=1S/C25H48O15S.Na/c1-2-3-4-5-6-7-8-9-10-37-24-22(32)20(30)23(16(11-26)38-24)40-25-21(31)19(29)18(28)17(39-25)13-36-12-15(27)14-41(33,34)35;/h15-32H,2-14H2,1H3,(H,33,34,35);/q;+1/p-1/t15?,16-,17-,18-,19+,20-,21-,22-,23-,24?,25-;/m1./s1. The number of aliphatic hydroxyl groups excluding tert-OH is 7. The molecule has 2 saturated heterocycles. The molecule has 0 aromatic heterocycles. The Bertz CT molecular complexity index is 822. The third kappa shape index (κ3) is 13.4. The molecule has 2 fully saturated rings. The van der Waals surface area contributed by atoms with E-state index in [9.17, 15) is 48.7 Å². The van der Waals surface area contributed by atoms with Crippen molar-refractivity contribution < 1.29 is 102 Å². The maximum absolute atomic E-state index is 10.7. The van der Waals surface area contributed by atoms with Crippen LogP contribution in [0.2, 0.25) is 0 Å². The number of unbranched alkanes of at least 4 members (excludes halogenated alkanes) is 7. The van der Waals surface area contributed by atoms with E-state index < -0.39 is 103 Å². The minimum atomic E-state index is -4.70. The van der Waals surface area contributed by atoms with Crippen LogP contribution in [0.4, 0.5) is 0 Å². The van der Waals surface area contributed by atoms with Crippen LogP contribution in [0.5, 0.6) is 0 Å². The van der Waals surface area contributed by atoms with Gasteiger partial charge in [-0.2, -0.15) is 0 Å². The summed E-state index contributed by atoms with van der Waals surface area (Å²) in [6.07, 6.45) is -8.47. The Morgan fingerprint density at radius 2 is 1.38 bits per heavy atom. The van der Waals surface area contributed by atoms with Gasteiger partial charge in [-0.15, -0.1) is 0 Å². The van der Waals surface area contributed by atoms with Crippen LogP contribution in [-0.2, 0) is 33.8 Å². The van der Waals surface area contributed by atoms with E-state index in [1.54, 1.807) is 0 Å². The fourth-order valence-corrected chi connectivity index (χ4v) is 5.29. The van der Waals surface area contributed by atoms with Gasteiger partial charge in [0.1, 0.15) is 48.8 Å². The molecule has 0 amide bonds. The topological polar surface area (TPSA) is 245 Å². The van der Waals surface area contributed by atoms with Gasteiger partial charge in [-0.25, -0.2) is 8.42 Å². The van der Waals surface area contributed by atoms with E-state index in [-0.39, 0.29) is 36.2 Å². The average molecular weight is 643 g/mol. The maximum atomic E-state index is 10.7. The minimum absolute atomic E-state index is 0. The van der Waals surface area contributed by atoms with Crippen LogP contribution in [0, 0.1) is 0 Å². The summed E-state index contributed by atoms with van der Waals surface area (Å²) in [5, 5.41) is 71.6. The molecule has 2 rings (SSSR count). The second kappa shape index (κ2) is 20.5. The van der Waals surface area contributed by atoms with Gasteiger partial charge in [0.2, 0.25) is 0 Å². The number of ether oxygens (including phenoxy) is 5. The zero-order valence-corrected chi connectivity index (χ0v) is 27.2. The maximum Gasteiger partial charge on any atom is 1.00 e. The van der Waals surface area contributed by atoms with Gasteiger partial charge in [-0.1, -0.05) is 51.9 Å². The van der Waals surface area contributed by atoms with Gasteiger partial charge in [0.05, 0.1) is 41.8 Å². The molecule has 0 aromatic carbocycles. The van der Waals surface area contributed by atoms with E-state index in [1.165, 1.54) is 25.7 Å². The van der Waals surface area contributed by atoms with Crippen LogP contribution < -0.4 is 29.6 Å². The molecule has 2 aliphatic rings. The summed E-state index contributed by atoms with van der Waals surface area (Å²) in [6.45, 7) is 0.653. The van der Waals surface area contributed by atoms with Gasteiger partial charge in [0.25, 0.3) is 0 Å². The molecular weight excluding hydrogens is 595 g/mol. The van der Waals surface area contributed by atoms with E-state index in [4.69, 9.17) is 23.7 Å². The Morgan fingerprint density at radius 1 is 0.810 bits per heavy atom. The van der Waals surface area contributed by atoms with Crippen molar-refractivity contribution in [2.75, 3.05) is 32.2 Å². The number of hydrogen-bond acceptors (Lipinski definition) is 15. The Balaban J connectivity index is 0.00000882. The zero-order chi connectivity index (χ0) is 30.6. The predicted octanol–water partition coefficient (Wildman–Crippen LogP) is -5.30. The molecule has 0 aliphatic carbocycles. The smallest absolute Gasteiger partial charge is 0.748 e. The molecule has 11 atom stereocenters. The third-order valence-corrected chi connectivity index (χ3v) is 7.84. The molecule has 7 N–H and O–H groups in total. The van der Waals surface area contributed by atoms with Gasteiger partial charge < -0.3 is 64.0 Å². The van der Waals surface area contributed by atoms with Gasteiger partial charge in [-0.3, -0.25) is 0 Å². The molecule has 0 bridgehead atoms. The Kier molecular flexibility index (Phi) is 19.8. The summed E-state index contributed by atoms with van der Waals surface area (Å²) in [5.41, 5.74) is 0. The largest absolute Gasteiger partial charge is 1.00 e. The molecule has 2 unspecified atom stereocenters. The zero-order valence-electron chi connectivity index (χ0n) is 24.3. The van der Waals surface area contributed by atoms with Crippen LogP contribution >= 0.6 is 0 Å². The molecule has 0 aromatic rings. The number of aliphatic hydroxyl groups is 7. The fourth-order valence-electron chi connectivity index (χ4n) is 4.72. The first-order valence-corrected chi connectivity index (χ1v) is 15.8. The van der Waals surface area contributed by atoms with Crippen LogP contribution in [0.1, 0.15) is 58.3 Å². The second-order valence-electron chi connectivity index (χ2n) is 10.6. The molecule has 0 spiro atoms. The van der Waals surface area contributed by atoms with Crippen molar-refractivity contribution in [3.63, 3.8) is 0 Å². The first-order chi connectivity index (χ1) is 19.4. The van der Waals surface area contributed by atoms with Gasteiger partial charge in [-0.05, 0) is 6.42 Å². The van der Waals surface area contributed by atoms with E-state index in [1.807, 2.05) is 0 Å². The molecule has 2 aliphatic heterocycles. The summed E-state index contributed by atoms with van der Waals surface area (Å²) in [5.74, 6) is -1.09. The summed E-state index contributed by atoms with van der Waals surface area (Å²) in [4.78, 5) is 0. The fraction of sp³-hybridized carbons (Fsp3) is 1.00. The third-order valence-electron chi connectivity index (χ3n) is 7.05. The van der Waals surface area contributed by atoms with Gasteiger partial charge >= 0.3 is 29.6 Å². The Morgan fingerprint density at radius 3 is 1.98 bits per heavy atom. The van der Waals surface area contributed by atoms with Crippen LogP contribution in [0.25, 0.3) is 0 Å². The summed E-state index contributed by atoms with van der Waals surface area (Å²) >= 11 is 0. The molecular formula is C25H47NaO15S. The van der Waals surface area contributed by atoms with E-state index in [0.717, 1.165) is 25.7 Å². The van der Waals surface area contributed by atoms with Crippen molar-refractivity contribution in [2.24, 2.45) is 0 Å². The second-order valence-corrected chi connectivity index (χ2v) is 12.0. The van der Waals surface area contributed by atoms with Crippen molar-refractivity contribution in [1.82, 2.24) is 0 Å². The van der Waals surface area contributed by atoms with Crippen molar-refractivity contribution in [3.8, 4) is 0 Å². The molecule has 0 saturated carbocycles.